The van der Waals surface area contributed by atoms with Crippen molar-refractivity contribution in [2.24, 2.45) is 17.3 Å². The number of ether oxygens (including phenoxy) is 2. The SMILES string of the molecule is CC(C)(C)CC(C)(C)N1CC=C[C@]23O[C@]4(C)C=CCOC(=O)[C@@H]4[C@H]2C(=O)N(CCCCCO)C3C1=O. The first-order valence-electron chi connectivity index (χ1n) is 13.2. The largest absolute Gasteiger partial charge is 0.461 e. The monoisotopic (exact) mass is 502 g/mol. The summed E-state index contributed by atoms with van der Waals surface area (Å²) in [5, 5.41) is 9.21. The Labute approximate surface area is 214 Å². The van der Waals surface area contributed by atoms with Gasteiger partial charge in [-0.2, -0.15) is 0 Å². The predicted octanol–water partition coefficient (Wildman–Crippen LogP) is 2.85. The highest BCUT2D eigenvalue weighted by atomic mass is 16.6. The van der Waals surface area contributed by atoms with Crippen LogP contribution in [-0.2, 0) is 23.9 Å². The van der Waals surface area contributed by atoms with Crippen LogP contribution < -0.4 is 0 Å². The molecule has 5 atom stereocenters. The number of carbonyl (C=O) groups excluding carboxylic acids is 3. The van der Waals surface area contributed by atoms with E-state index in [0.717, 1.165) is 12.8 Å². The van der Waals surface area contributed by atoms with Gasteiger partial charge in [-0.3, -0.25) is 14.4 Å². The number of fused-ring (bicyclic) bond motifs is 2. The molecule has 0 aromatic rings. The average molecular weight is 503 g/mol. The van der Waals surface area contributed by atoms with E-state index in [-0.39, 0.29) is 30.4 Å². The summed E-state index contributed by atoms with van der Waals surface area (Å²) in [5.41, 5.74) is -2.76. The Kier molecular flexibility index (Phi) is 6.92. The molecule has 4 aliphatic heterocycles. The maximum absolute atomic E-state index is 14.4. The molecule has 0 aromatic heterocycles. The van der Waals surface area contributed by atoms with Crippen LogP contribution in [0, 0.1) is 17.3 Å². The second-order valence-electron chi connectivity index (χ2n) is 12.7. The maximum atomic E-state index is 14.4. The molecule has 2 fully saturated rings. The maximum Gasteiger partial charge on any atom is 0.313 e. The molecule has 4 aliphatic rings. The van der Waals surface area contributed by atoms with Crippen LogP contribution in [0.5, 0.6) is 0 Å². The average Bonchev–Trinajstić information content (AvgIpc) is 2.99. The molecule has 0 aromatic carbocycles. The van der Waals surface area contributed by atoms with Crippen molar-refractivity contribution in [1.82, 2.24) is 9.80 Å². The normalized spacial score (nSPS) is 34.3. The summed E-state index contributed by atoms with van der Waals surface area (Å²) in [4.78, 5) is 45.2. The first-order valence-corrected chi connectivity index (χ1v) is 13.2. The minimum atomic E-state index is -1.25. The number of likely N-dealkylation sites (tertiary alicyclic amines) is 1. The van der Waals surface area contributed by atoms with Crippen LogP contribution in [0.25, 0.3) is 0 Å². The number of rotatable bonds is 7. The Morgan fingerprint density at radius 1 is 1.00 bits per heavy atom. The quantitative estimate of drug-likeness (QED) is 0.327. The lowest BCUT2D eigenvalue weighted by molar-refractivity contribution is -0.159. The van der Waals surface area contributed by atoms with Gasteiger partial charge in [0.25, 0.3) is 0 Å². The smallest absolute Gasteiger partial charge is 0.313 e. The number of hydrogen-bond donors (Lipinski definition) is 1. The fraction of sp³-hybridized carbons (Fsp3) is 0.750. The fourth-order valence-electron chi connectivity index (χ4n) is 7.10. The second kappa shape index (κ2) is 9.28. The van der Waals surface area contributed by atoms with E-state index in [4.69, 9.17) is 9.47 Å². The van der Waals surface area contributed by atoms with E-state index in [1.807, 2.05) is 30.1 Å². The summed E-state index contributed by atoms with van der Waals surface area (Å²) in [6.45, 7) is 13.4. The lowest BCUT2D eigenvalue weighted by atomic mass is 9.74. The summed E-state index contributed by atoms with van der Waals surface area (Å²) >= 11 is 0. The molecule has 8 heteroatoms. The van der Waals surface area contributed by atoms with Crippen molar-refractivity contribution in [2.75, 3.05) is 26.3 Å². The molecule has 0 aliphatic carbocycles. The van der Waals surface area contributed by atoms with Crippen molar-refractivity contribution in [2.45, 2.75) is 90.0 Å². The molecule has 1 N–H and O–H groups in total. The van der Waals surface area contributed by atoms with Crippen molar-refractivity contribution < 1.29 is 29.0 Å². The summed E-state index contributed by atoms with van der Waals surface area (Å²) < 4.78 is 12.2. The number of amides is 2. The number of aliphatic hydroxyl groups is 1. The zero-order valence-corrected chi connectivity index (χ0v) is 22.6. The number of cyclic esters (lactones) is 1. The molecule has 0 bridgehead atoms. The number of nitrogens with zero attached hydrogens (tertiary/aromatic N) is 2. The summed E-state index contributed by atoms with van der Waals surface area (Å²) in [5.74, 6) is -2.52. The lowest BCUT2D eigenvalue weighted by Gasteiger charge is -2.44. The highest BCUT2D eigenvalue weighted by Crippen LogP contribution is 2.57. The number of carbonyl (C=O) groups is 3. The van der Waals surface area contributed by atoms with Gasteiger partial charge in [-0.25, -0.2) is 0 Å². The summed E-state index contributed by atoms with van der Waals surface area (Å²) in [6, 6.07) is -0.868. The molecular formula is C28H42N2O6. The van der Waals surface area contributed by atoms with Crippen molar-refractivity contribution >= 4 is 17.8 Å². The Morgan fingerprint density at radius 2 is 1.72 bits per heavy atom. The van der Waals surface area contributed by atoms with Crippen LogP contribution >= 0.6 is 0 Å². The molecule has 8 nitrogen and oxygen atoms in total. The number of hydrogen-bond acceptors (Lipinski definition) is 6. The van der Waals surface area contributed by atoms with E-state index in [1.165, 1.54) is 0 Å². The van der Waals surface area contributed by atoms with Gasteiger partial charge in [0.05, 0.1) is 11.5 Å². The minimum Gasteiger partial charge on any atom is -0.461 e. The third-order valence-electron chi connectivity index (χ3n) is 8.06. The van der Waals surface area contributed by atoms with Crippen LogP contribution in [0.2, 0.25) is 0 Å². The Balaban J connectivity index is 1.79. The number of esters is 1. The van der Waals surface area contributed by atoms with Gasteiger partial charge >= 0.3 is 5.97 Å². The molecule has 200 valence electrons. The van der Waals surface area contributed by atoms with Gasteiger partial charge in [-0.15, -0.1) is 0 Å². The zero-order valence-electron chi connectivity index (χ0n) is 22.6. The van der Waals surface area contributed by atoms with Crippen molar-refractivity contribution in [3.8, 4) is 0 Å². The van der Waals surface area contributed by atoms with Crippen molar-refractivity contribution in [3.63, 3.8) is 0 Å². The molecule has 0 radical (unpaired) electrons. The summed E-state index contributed by atoms with van der Waals surface area (Å²) in [6.07, 6.45) is 10.2. The Hall–Kier alpha value is -2.19. The predicted molar refractivity (Wildman–Crippen MR) is 135 cm³/mol. The van der Waals surface area contributed by atoms with Crippen molar-refractivity contribution in [3.05, 3.63) is 24.3 Å². The minimum absolute atomic E-state index is 0.00538. The van der Waals surface area contributed by atoms with Gasteiger partial charge in [0.1, 0.15) is 24.2 Å². The van der Waals surface area contributed by atoms with E-state index >= 15 is 0 Å². The third-order valence-corrected chi connectivity index (χ3v) is 8.06. The number of aliphatic hydroxyl groups excluding tert-OH is 1. The molecule has 0 saturated carbocycles. The van der Waals surface area contributed by atoms with E-state index in [0.29, 0.717) is 25.9 Å². The molecule has 2 saturated heterocycles. The van der Waals surface area contributed by atoms with Gasteiger partial charge in [0.2, 0.25) is 11.8 Å². The molecular weight excluding hydrogens is 460 g/mol. The molecule has 2 amide bonds. The van der Waals surface area contributed by atoms with Gasteiger partial charge in [0.15, 0.2) is 0 Å². The summed E-state index contributed by atoms with van der Waals surface area (Å²) in [7, 11) is 0. The number of unbranched alkanes of at least 4 members (excludes halogenated alkanes) is 2. The van der Waals surface area contributed by atoms with Crippen molar-refractivity contribution in [1.29, 1.82) is 0 Å². The van der Waals surface area contributed by atoms with Crippen LogP contribution in [0.15, 0.2) is 24.3 Å². The lowest BCUT2D eigenvalue weighted by Crippen LogP contribution is -2.60. The second-order valence-corrected chi connectivity index (χ2v) is 12.7. The highest BCUT2D eigenvalue weighted by molar-refractivity contribution is 5.99. The van der Waals surface area contributed by atoms with Gasteiger partial charge in [-0.05, 0) is 57.9 Å². The molecule has 1 unspecified atom stereocenters. The Bertz CT molecular complexity index is 966. The Morgan fingerprint density at radius 3 is 2.39 bits per heavy atom. The van der Waals surface area contributed by atoms with E-state index in [9.17, 15) is 19.5 Å². The zero-order chi connectivity index (χ0) is 26.5. The van der Waals surface area contributed by atoms with E-state index < -0.39 is 40.6 Å². The van der Waals surface area contributed by atoms with Gasteiger partial charge < -0.3 is 24.4 Å². The van der Waals surface area contributed by atoms with E-state index in [1.54, 1.807) is 11.0 Å². The third kappa shape index (κ3) is 4.40. The molecule has 1 spiro atoms. The van der Waals surface area contributed by atoms with Gasteiger partial charge in [0, 0.05) is 25.2 Å². The van der Waals surface area contributed by atoms with Crippen LogP contribution in [0.1, 0.15) is 67.2 Å². The van der Waals surface area contributed by atoms with Gasteiger partial charge in [-0.1, -0.05) is 39.0 Å². The topological polar surface area (TPSA) is 96.4 Å². The first-order chi connectivity index (χ1) is 16.8. The van der Waals surface area contributed by atoms with E-state index in [2.05, 4.69) is 34.6 Å². The van der Waals surface area contributed by atoms with Crippen LogP contribution in [-0.4, -0.2) is 81.8 Å². The standard InChI is InChI=1S/C28H42N2O6/c1-25(2,3)18-26(4,5)30-15-10-13-28-19(20-24(34)35-17-11-12-27(20,6)36-28)22(32)29(21(28)23(30)33)14-8-7-9-16-31/h10-13,19-21,31H,7-9,14-18H2,1-6H3/t19-,20-,21?,27+,28-/m0/s1. The fourth-order valence-corrected chi connectivity index (χ4v) is 7.10. The van der Waals surface area contributed by atoms with Crippen LogP contribution in [0.4, 0.5) is 0 Å². The van der Waals surface area contributed by atoms with Crippen LogP contribution in [0.3, 0.4) is 0 Å². The molecule has 4 heterocycles. The molecule has 4 rings (SSSR count). The first kappa shape index (κ1) is 26.9. The molecule has 36 heavy (non-hydrogen) atoms. The highest BCUT2D eigenvalue weighted by Gasteiger charge is 2.75.